The van der Waals surface area contributed by atoms with Gasteiger partial charge in [0.05, 0.1) is 0 Å². The molecule has 0 aliphatic heterocycles. The van der Waals surface area contributed by atoms with Gasteiger partial charge in [0.25, 0.3) is 0 Å². The number of hydrogen-bond donors (Lipinski definition) is 2. The van der Waals surface area contributed by atoms with Crippen molar-refractivity contribution in [2.75, 3.05) is 5.32 Å². The van der Waals surface area contributed by atoms with Crippen molar-refractivity contribution in [1.82, 2.24) is 0 Å². The summed E-state index contributed by atoms with van der Waals surface area (Å²) in [5.41, 5.74) is 8.44. The Hall–Kier alpha value is -0.730. The molecule has 1 aromatic rings. The number of hydrogen-bond acceptors (Lipinski definition) is 2. The van der Waals surface area contributed by atoms with Crippen LogP contribution in [-0.2, 0) is 6.54 Å². The van der Waals surface area contributed by atoms with Gasteiger partial charge in [-0.3, -0.25) is 0 Å². The highest BCUT2D eigenvalue weighted by Crippen LogP contribution is 2.38. The molecule has 3 heteroatoms. The van der Waals surface area contributed by atoms with Gasteiger partial charge in [0.15, 0.2) is 0 Å². The van der Waals surface area contributed by atoms with Crippen LogP contribution in [0.25, 0.3) is 0 Å². The van der Waals surface area contributed by atoms with Crippen molar-refractivity contribution in [3.8, 4) is 0 Å². The van der Waals surface area contributed by atoms with Crippen LogP contribution in [0, 0.1) is 5.41 Å². The first-order valence-electron chi connectivity index (χ1n) is 6.25. The minimum Gasteiger partial charge on any atom is -0.382 e. The highest BCUT2D eigenvalue weighted by Gasteiger charge is 2.30. The van der Waals surface area contributed by atoms with Gasteiger partial charge in [0.1, 0.15) is 0 Å². The van der Waals surface area contributed by atoms with Crippen molar-refractivity contribution in [2.45, 2.75) is 45.7 Å². The van der Waals surface area contributed by atoms with E-state index in [2.05, 4.69) is 19.2 Å². The molecule has 2 rings (SSSR count). The second-order valence-corrected chi connectivity index (χ2v) is 6.19. The molecule has 1 aromatic carbocycles. The summed E-state index contributed by atoms with van der Waals surface area (Å²) in [5, 5.41) is 4.36. The van der Waals surface area contributed by atoms with Crippen LogP contribution in [0.5, 0.6) is 0 Å². The van der Waals surface area contributed by atoms with E-state index in [1.54, 1.807) is 0 Å². The summed E-state index contributed by atoms with van der Waals surface area (Å²) in [6.45, 7) is 5.21. The Balaban J connectivity index is 2.11. The molecule has 3 N–H and O–H groups in total. The molecule has 0 aromatic heterocycles. The van der Waals surface area contributed by atoms with Gasteiger partial charge in [-0.25, -0.2) is 0 Å². The van der Waals surface area contributed by atoms with E-state index in [0.717, 1.165) is 16.3 Å². The maximum absolute atomic E-state index is 6.03. The van der Waals surface area contributed by atoms with Crippen molar-refractivity contribution in [1.29, 1.82) is 0 Å². The quantitative estimate of drug-likeness (QED) is 0.859. The van der Waals surface area contributed by atoms with E-state index in [0.29, 0.717) is 18.0 Å². The van der Waals surface area contributed by atoms with Gasteiger partial charge >= 0.3 is 0 Å². The summed E-state index contributed by atoms with van der Waals surface area (Å²) in [6.07, 6.45) is 3.72. The summed E-state index contributed by atoms with van der Waals surface area (Å²) in [7, 11) is 0. The maximum atomic E-state index is 6.03. The van der Waals surface area contributed by atoms with Crippen LogP contribution in [0.3, 0.4) is 0 Å². The third-order valence-electron chi connectivity index (χ3n) is 3.62. The summed E-state index contributed by atoms with van der Waals surface area (Å²) in [4.78, 5) is 0. The average molecular weight is 253 g/mol. The predicted octanol–water partition coefficient (Wildman–Crippen LogP) is 3.79. The Bertz CT molecular complexity index is 401. The molecule has 0 heterocycles. The zero-order valence-corrected chi connectivity index (χ0v) is 11.3. The lowest BCUT2D eigenvalue weighted by Crippen LogP contribution is -2.19. The fraction of sp³-hybridized carbons (Fsp3) is 0.571. The van der Waals surface area contributed by atoms with Crippen molar-refractivity contribution in [3.05, 3.63) is 28.8 Å². The van der Waals surface area contributed by atoms with E-state index in [9.17, 15) is 0 Å². The second kappa shape index (κ2) is 4.87. The Morgan fingerprint density at radius 1 is 1.47 bits per heavy atom. The molecule has 0 bridgehead atoms. The van der Waals surface area contributed by atoms with Gasteiger partial charge in [-0.15, -0.1) is 0 Å². The fourth-order valence-electron chi connectivity index (χ4n) is 2.64. The van der Waals surface area contributed by atoms with Crippen LogP contribution in [0.4, 0.5) is 5.69 Å². The Morgan fingerprint density at radius 3 is 2.82 bits per heavy atom. The molecular formula is C14H21ClN2. The summed E-state index contributed by atoms with van der Waals surface area (Å²) < 4.78 is 0. The van der Waals surface area contributed by atoms with E-state index < -0.39 is 0 Å². The summed E-state index contributed by atoms with van der Waals surface area (Å²) >= 11 is 6.03. The van der Waals surface area contributed by atoms with Crippen LogP contribution in [-0.4, -0.2) is 6.04 Å². The number of benzene rings is 1. The van der Waals surface area contributed by atoms with Crippen LogP contribution in [0.2, 0.25) is 5.02 Å². The molecule has 0 saturated heterocycles. The van der Waals surface area contributed by atoms with E-state index in [1.165, 1.54) is 19.3 Å². The molecule has 0 spiro atoms. The number of nitrogens with two attached hydrogens (primary N) is 1. The summed E-state index contributed by atoms with van der Waals surface area (Å²) in [6, 6.07) is 6.43. The lowest BCUT2D eigenvalue weighted by Gasteiger charge is -2.20. The molecular weight excluding hydrogens is 232 g/mol. The zero-order chi connectivity index (χ0) is 12.5. The summed E-state index contributed by atoms with van der Waals surface area (Å²) in [5.74, 6) is 0. The van der Waals surface area contributed by atoms with Crippen molar-refractivity contribution < 1.29 is 0 Å². The smallest absolute Gasteiger partial charge is 0.0426 e. The minimum atomic E-state index is 0.457. The average Bonchev–Trinajstić information content (AvgIpc) is 2.58. The molecule has 1 aliphatic rings. The molecule has 1 unspecified atom stereocenters. The van der Waals surface area contributed by atoms with Crippen LogP contribution in [0.1, 0.15) is 38.7 Å². The molecule has 0 radical (unpaired) electrons. The van der Waals surface area contributed by atoms with Crippen molar-refractivity contribution >= 4 is 17.3 Å². The first-order valence-corrected chi connectivity index (χ1v) is 6.63. The first kappa shape index (κ1) is 12.7. The monoisotopic (exact) mass is 252 g/mol. The maximum Gasteiger partial charge on any atom is 0.0426 e. The molecule has 1 aliphatic carbocycles. The topological polar surface area (TPSA) is 38.0 Å². The highest BCUT2D eigenvalue weighted by atomic mass is 35.5. The fourth-order valence-corrected chi connectivity index (χ4v) is 2.81. The minimum absolute atomic E-state index is 0.457. The van der Waals surface area contributed by atoms with Gasteiger partial charge in [0.2, 0.25) is 0 Å². The zero-order valence-electron chi connectivity index (χ0n) is 10.6. The SMILES string of the molecule is CC1(C)CCC(Nc2cc(Cl)ccc2CN)C1. The molecule has 1 fully saturated rings. The van der Waals surface area contributed by atoms with Crippen molar-refractivity contribution in [3.63, 3.8) is 0 Å². The van der Waals surface area contributed by atoms with Crippen molar-refractivity contribution in [2.24, 2.45) is 11.1 Å². The van der Waals surface area contributed by atoms with Gasteiger partial charge in [-0.1, -0.05) is 31.5 Å². The third kappa shape index (κ3) is 3.14. The largest absolute Gasteiger partial charge is 0.382 e. The lowest BCUT2D eigenvalue weighted by atomic mass is 9.92. The predicted molar refractivity (Wildman–Crippen MR) is 74.4 cm³/mol. The Labute approximate surface area is 109 Å². The Morgan fingerprint density at radius 2 is 2.24 bits per heavy atom. The Kier molecular flexibility index (Phi) is 3.64. The van der Waals surface area contributed by atoms with Gasteiger partial charge < -0.3 is 11.1 Å². The lowest BCUT2D eigenvalue weighted by molar-refractivity contribution is 0.378. The van der Waals surface area contributed by atoms with Gasteiger partial charge in [-0.05, 0) is 42.4 Å². The van der Waals surface area contributed by atoms with E-state index in [1.807, 2.05) is 18.2 Å². The van der Waals surface area contributed by atoms with Gasteiger partial charge in [0, 0.05) is 23.3 Å². The first-order chi connectivity index (χ1) is 8.00. The number of nitrogens with one attached hydrogen (secondary N) is 1. The normalized spacial score (nSPS) is 22.7. The molecule has 1 saturated carbocycles. The standard InChI is InChI=1S/C14H21ClN2/c1-14(2)6-5-12(8-14)17-13-7-11(15)4-3-10(13)9-16/h3-4,7,12,17H,5-6,8-9,16H2,1-2H3. The number of rotatable bonds is 3. The van der Waals surface area contributed by atoms with E-state index >= 15 is 0 Å². The van der Waals surface area contributed by atoms with Crippen LogP contribution < -0.4 is 11.1 Å². The molecule has 0 amide bonds. The van der Waals surface area contributed by atoms with Gasteiger partial charge in [-0.2, -0.15) is 0 Å². The molecule has 17 heavy (non-hydrogen) atoms. The molecule has 2 nitrogen and oxygen atoms in total. The highest BCUT2D eigenvalue weighted by molar-refractivity contribution is 6.30. The van der Waals surface area contributed by atoms with Crippen LogP contribution >= 0.6 is 11.6 Å². The van der Waals surface area contributed by atoms with E-state index in [-0.39, 0.29) is 0 Å². The van der Waals surface area contributed by atoms with Crippen LogP contribution in [0.15, 0.2) is 18.2 Å². The molecule has 1 atom stereocenters. The van der Waals surface area contributed by atoms with E-state index in [4.69, 9.17) is 17.3 Å². The molecule has 94 valence electrons. The number of anilines is 1. The third-order valence-corrected chi connectivity index (χ3v) is 3.86. The number of halogens is 1. The second-order valence-electron chi connectivity index (χ2n) is 5.75.